The Balaban J connectivity index is 3.08. The first-order chi connectivity index (χ1) is 8.27. The average molecular weight is 285 g/mol. The summed E-state index contributed by atoms with van der Waals surface area (Å²) in [4.78, 5) is 0. The Kier molecular flexibility index (Phi) is 4.84. The van der Waals surface area contributed by atoms with E-state index < -0.39 is 29.7 Å². The van der Waals surface area contributed by atoms with Gasteiger partial charge in [0.05, 0.1) is 11.7 Å². The largest absolute Gasteiger partial charge is 0.508 e. The maximum absolute atomic E-state index is 12.5. The fourth-order valence-electron chi connectivity index (χ4n) is 1.44. The van der Waals surface area contributed by atoms with Crippen molar-refractivity contribution in [3.8, 4) is 5.75 Å². The third kappa shape index (κ3) is 3.51. The van der Waals surface area contributed by atoms with Crippen LogP contribution in [0.1, 0.15) is 23.7 Å². The van der Waals surface area contributed by atoms with Gasteiger partial charge in [-0.2, -0.15) is 13.2 Å². The highest BCUT2D eigenvalue weighted by Crippen LogP contribution is 2.35. The molecular weight excluding hydrogens is 273 g/mol. The standard InChI is InChI=1S/C11H12ClF3O3/c12-4-3-9(17)10(18)7-5-6(11(13,14)15)1-2-8(7)16/h1-2,5,9-10,16-18H,3-4H2. The second-order valence-electron chi connectivity index (χ2n) is 3.76. The monoisotopic (exact) mass is 284 g/mol. The van der Waals surface area contributed by atoms with Gasteiger partial charge in [-0.3, -0.25) is 0 Å². The van der Waals surface area contributed by atoms with Crippen LogP contribution in [0.25, 0.3) is 0 Å². The van der Waals surface area contributed by atoms with Crippen molar-refractivity contribution in [1.82, 2.24) is 0 Å². The smallest absolute Gasteiger partial charge is 0.416 e. The maximum Gasteiger partial charge on any atom is 0.416 e. The number of alkyl halides is 4. The molecule has 0 aliphatic heterocycles. The molecule has 102 valence electrons. The predicted octanol–water partition coefficient (Wildman–Crippen LogP) is 2.43. The fourth-order valence-corrected chi connectivity index (χ4v) is 1.67. The molecule has 0 saturated carbocycles. The van der Waals surface area contributed by atoms with E-state index in [0.29, 0.717) is 12.1 Å². The molecule has 0 aromatic heterocycles. The van der Waals surface area contributed by atoms with E-state index in [1.807, 2.05) is 0 Å². The van der Waals surface area contributed by atoms with Crippen LogP contribution in [0.15, 0.2) is 18.2 Å². The summed E-state index contributed by atoms with van der Waals surface area (Å²) in [6.45, 7) is 0. The lowest BCUT2D eigenvalue weighted by molar-refractivity contribution is -0.137. The van der Waals surface area contributed by atoms with Crippen molar-refractivity contribution in [1.29, 1.82) is 0 Å². The second-order valence-corrected chi connectivity index (χ2v) is 4.14. The van der Waals surface area contributed by atoms with Crippen LogP contribution in [0, 0.1) is 0 Å². The Labute approximate surface area is 106 Å². The molecule has 3 N–H and O–H groups in total. The summed E-state index contributed by atoms with van der Waals surface area (Å²) in [6, 6.07) is 2.13. The van der Waals surface area contributed by atoms with Gasteiger partial charge in [0.1, 0.15) is 11.9 Å². The normalized spacial score (nSPS) is 15.4. The van der Waals surface area contributed by atoms with Gasteiger partial charge < -0.3 is 15.3 Å². The average Bonchev–Trinajstić information content (AvgIpc) is 2.27. The summed E-state index contributed by atoms with van der Waals surface area (Å²) in [5, 5.41) is 28.5. The van der Waals surface area contributed by atoms with Crippen molar-refractivity contribution in [2.75, 3.05) is 5.88 Å². The lowest BCUT2D eigenvalue weighted by atomic mass is 9.99. The van der Waals surface area contributed by atoms with Crippen LogP contribution < -0.4 is 0 Å². The molecule has 1 aromatic carbocycles. The molecule has 1 aromatic rings. The molecule has 0 radical (unpaired) electrons. The number of halogens is 4. The van der Waals surface area contributed by atoms with Crippen LogP contribution in [0.4, 0.5) is 13.2 Å². The van der Waals surface area contributed by atoms with Crippen LogP contribution in [-0.2, 0) is 6.18 Å². The first kappa shape index (κ1) is 15.1. The van der Waals surface area contributed by atoms with Gasteiger partial charge in [0, 0.05) is 11.4 Å². The SMILES string of the molecule is Oc1ccc(C(F)(F)F)cc1C(O)C(O)CCCl. The van der Waals surface area contributed by atoms with E-state index in [9.17, 15) is 28.5 Å². The van der Waals surface area contributed by atoms with Crippen LogP contribution in [0.2, 0.25) is 0 Å². The van der Waals surface area contributed by atoms with Gasteiger partial charge in [-0.05, 0) is 24.6 Å². The second kappa shape index (κ2) is 5.77. The highest BCUT2D eigenvalue weighted by Gasteiger charge is 2.32. The Hall–Kier alpha value is -0.980. The van der Waals surface area contributed by atoms with E-state index in [-0.39, 0.29) is 17.9 Å². The van der Waals surface area contributed by atoms with Crippen molar-refractivity contribution in [3.05, 3.63) is 29.3 Å². The number of aliphatic hydroxyl groups excluding tert-OH is 2. The molecule has 3 nitrogen and oxygen atoms in total. The van der Waals surface area contributed by atoms with Crippen LogP contribution in [0.5, 0.6) is 5.75 Å². The number of rotatable bonds is 4. The Bertz CT molecular complexity index is 409. The number of aromatic hydroxyl groups is 1. The minimum Gasteiger partial charge on any atom is -0.508 e. The Morgan fingerprint density at radius 3 is 2.33 bits per heavy atom. The molecule has 0 amide bonds. The molecule has 7 heteroatoms. The van der Waals surface area contributed by atoms with E-state index in [0.717, 1.165) is 6.07 Å². The Morgan fingerprint density at radius 2 is 1.83 bits per heavy atom. The highest BCUT2D eigenvalue weighted by atomic mass is 35.5. The molecule has 0 bridgehead atoms. The molecule has 2 unspecified atom stereocenters. The van der Waals surface area contributed by atoms with Gasteiger partial charge in [0.2, 0.25) is 0 Å². The first-order valence-electron chi connectivity index (χ1n) is 5.09. The summed E-state index contributed by atoms with van der Waals surface area (Å²) >= 11 is 5.36. The maximum atomic E-state index is 12.5. The summed E-state index contributed by atoms with van der Waals surface area (Å²) in [5.41, 5.74) is -1.38. The van der Waals surface area contributed by atoms with Gasteiger partial charge >= 0.3 is 6.18 Å². The van der Waals surface area contributed by atoms with Crippen molar-refractivity contribution >= 4 is 11.6 Å². The summed E-state index contributed by atoms with van der Waals surface area (Å²) in [7, 11) is 0. The molecule has 18 heavy (non-hydrogen) atoms. The molecule has 0 saturated heterocycles. The van der Waals surface area contributed by atoms with E-state index >= 15 is 0 Å². The third-order valence-electron chi connectivity index (χ3n) is 2.44. The Morgan fingerprint density at radius 1 is 1.22 bits per heavy atom. The molecule has 0 aliphatic rings. The van der Waals surface area contributed by atoms with Gasteiger partial charge in [0.25, 0.3) is 0 Å². The molecule has 2 atom stereocenters. The molecule has 0 aliphatic carbocycles. The number of phenolic OH excluding ortho intramolecular Hbond substituents is 1. The van der Waals surface area contributed by atoms with Gasteiger partial charge in [-0.25, -0.2) is 0 Å². The lowest BCUT2D eigenvalue weighted by Gasteiger charge is -2.19. The zero-order valence-electron chi connectivity index (χ0n) is 9.15. The third-order valence-corrected chi connectivity index (χ3v) is 2.66. The highest BCUT2D eigenvalue weighted by molar-refractivity contribution is 6.17. The van der Waals surface area contributed by atoms with Gasteiger partial charge in [-0.1, -0.05) is 0 Å². The number of benzene rings is 1. The number of phenols is 1. The van der Waals surface area contributed by atoms with Crippen molar-refractivity contribution in [2.45, 2.75) is 24.8 Å². The minimum absolute atomic E-state index is 0.00158. The van der Waals surface area contributed by atoms with E-state index in [4.69, 9.17) is 11.6 Å². The molecule has 0 fully saturated rings. The molecule has 0 heterocycles. The number of hydrogen-bond acceptors (Lipinski definition) is 3. The van der Waals surface area contributed by atoms with Crippen molar-refractivity contribution in [2.24, 2.45) is 0 Å². The first-order valence-corrected chi connectivity index (χ1v) is 5.63. The van der Waals surface area contributed by atoms with E-state index in [1.54, 1.807) is 0 Å². The quantitative estimate of drug-likeness (QED) is 0.744. The molecular formula is C11H12ClF3O3. The van der Waals surface area contributed by atoms with Crippen LogP contribution >= 0.6 is 11.6 Å². The summed E-state index contributed by atoms with van der Waals surface area (Å²) < 4.78 is 37.4. The predicted molar refractivity (Wildman–Crippen MR) is 59.4 cm³/mol. The van der Waals surface area contributed by atoms with Crippen molar-refractivity contribution < 1.29 is 28.5 Å². The van der Waals surface area contributed by atoms with Crippen LogP contribution in [0.3, 0.4) is 0 Å². The number of hydrogen-bond donors (Lipinski definition) is 3. The summed E-state index contributed by atoms with van der Waals surface area (Å²) in [6.07, 6.45) is -7.54. The lowest BCUT2D eigenvalue weighted by Crippen LogP contribution is -2.19. The van der Waals surface area contributed by atoms with Gasteiger partial charge in [-0.15, -0.1) is 11.6 Å². The van der Waals surface area contributed by atoms with Gasteiger partial charge in [0.15, 0.2) is 0 Å². The minimum atomic E-state index is -4.58. The van der Waals surface area contributed by atoms with Crippen molar-refractivity contribution in [3.63, 3.8) is 0 Å². The number of aliphatic hydroxyl groups is 2. The fraction of sp³-hybridized carbons (Fsp3) is 0.455. The topological polar surface area (TPSA) is 60.7 Å². The summed E-state index contributed by atoms with van der Waals surface area (Å²) in [5.74, 6) is -0.470. The van der Waals surface area contributed by atoms with Crippen LogP contribution in [-0.4, -0.2) is 27.3 Å². The van der Waals surface area contributed by atoms with E-state index in [2.05, 4.69) is 0 Å². The van der Waals surface area contributed by atoms with E-state index in [1.165, 1.54) is 0 Å². The zero-order chi connectivity index (χ0) is 13.9. The zero-order valence-corrected chi connectivity index (χ0v) is 9.91. The molecule has 0 spiro atoms. The molecule has 1 rings (SSSR count).